The first kappa shape index (κ1) is 6.22. The number of anilines is 1. The molecule has 0 spiro atoms. The number of fused-ring (bicyclic) bond motifs is 1. The Morgan fingerprint density at radius 2 is 2.09 bits per heavy atom. The lowest BCUT2D eigenvalue weighted by Gasteiger charge is -1.93. The smallest absolute Gasteiger partial charge is 0.159 e. The first-order chi connectivity index (χ1) is 5.29. The van der Waals surface area contributed by atoms with Crippen LogP contribution >= 0.6 is 0 Å². The van der Waals surface area contributed by atoms with Gasteiger partial charge < -0.3 is 10.2 Å². The molecule has 0 aliphatic rings. The predicted molar refractivity (Wildman–Crippen MR) is 40.6 cm³/mol. The zero-order valence-corrected chi connectivity index (χ0v) is 5.67. The molecule has 0 bridgehead atoms. The summed E-state index contributed by atoms with van der Waals surface area (Å²) in [7, 11) is 0. The van der Waals surface area contributed by atoms with E-state index in [0.717, 1.165) is 0 Å². The van der Waals surface area contributed by atoms with Crippen molar-refractivity contribution in [3.63, 3.8) is 0 Å². The van der Waals surface area contributed by atoms with E-state index in [1.54, 1.807) is 6.07 Å². The lowest BCUT2D eigenvalue weighted by molar-refractivity contribution is 0.612. The van der Waals surface area contributed by atoms with Crippen LogP contribution in [-0.2, 0) is 0 Å². The highest BCUT2D eigenvalue weighted by molar-refractivity contribution is 5.88. The topological polar surface area (TPSA) is 39.2 Å². The predicted octanol–water partition coefficient (Wildman–Crippen LogP) is 2.15. The minimum Gasteiger partial charge on any atom is -0.462 e. The number of nitrogen functional groups attached to an aromatic ring is 1. The normalized spacial score (nSPS) is 10.6. The molecular formula is C8H6FNO. The van der Waals surface area contributed by atoms with Crippen molar-refractivity contribution in [2.45, 2.75) is 0 Å². The van der Waals surface area contributed by atoms with Gasteiger partial charge in [0, 0.05) is 0 Å². The number of rotatable bonds is 0. The molecule has 0 amide bonds. The maximum atomic E-state index is 12.9. The Labute approximate surface area is 62.4 Å². The SMILES string of the molecule is Nc1ccc(F)c2ccoc12. The van der Waals surface area contributed by atoms with Crippen molar-refractivity contribution in [2.24, 2.45) is 0 Å². The molecule has 3 heteroatoms. The van der Waals surface area contributed by atoms with Gasteiger partial charge in [0.25, 0.3) is 0 Å². The van der Waals surface area contributed by atoms with E-state index < -0.39 is 0 Å². The summed E-state index contributed by atoms with van der Waals surface area (Å²) in [6.07, 6.45) is 1.42. The number of hydrogen-bond acceptors (Lipinski definition) is 2. The van der Waals surface area contributed by atoms with Gasteiger partial charge in [-0.15, -0.1) is 0 Å². The van der Waals surface area contributed by atoms with Crippen LogP contribution in [0, 0.1) is 5.82 Å². The van der Waals surface area contributed by atoms with Crippen LogP contribution in [0.4, 0.5) is 10.1 Å². The van der Waals surface area contributed by atoms with E-state index in [9.17, 15) is 4.39 Å². The van der Waals surface area contributed by atoms with E-state index in [-0.39, 0.29) is 5.82 Å². The van der Waals surface area contributed by atoms with Gasteiger partial charge in [-0.3, -0.25) is 0 Å². The summed E-state index contributed by atoms with van der Waals surface area (Å²) >= 11 is 0. The Hall–Kier alpha value is -1.51. The molecule has 0 aliphatic heterocycles. The molecule has 2 rings (SSSR count). The number of benzene rings is 1. The summed E-state index contributed by atoms with van der Waals surface area (Å²) < 4.78 is 17.8. The van der Waals surface area contributed by atoms with Gasteiger partial charge in [0.1, 0.15) is 5.82 Å². The van der Waals surface area contributed by atoms with Crippen LogP contribution in [0.1, 0.15) is 0 Å². The van der Waals surface area contributed by atoms with Crippen LogP contribution in [0.2, 0.25) is 0 Å². The summed E-state index contributed by atoms with van der Waals surface area (Å²) in [5.74, 6) is -0.303. The summed E-state index contributed by atoms with van der Waals surface area (Å²) in [5.41, 5.74) is 6.39. The second kappa shape index (κ2) is 1.99. The maximum Gasteiger partial charge on any atom is 0.159 e. The molecule has 0 saturated heterocycles. The van der Waals surface area contributed by atoms with E-state index in [2.05, 4.69) is 0 Å². The van der Waals surface area contributed by atoms with Crippen LogP contribution in [0.25, 0.3) is 11.0 Å². The minimum atomic E-state index is -0.303. The fraction of sp³-hybridized carbons (Fsp3) is 0. The van der Waals surface area contributed by atoms with Gasteiger partial charge in [-0.25, -0.2) is 4.39 Å². The van der Waals surface area contributed by atoms with Crippen LogP contribution in [0.3, 0.4) is 0 Å². The van der Waals surface area contributed by atoms with E-state index in [0.29, 0.717) is 16.7 Å². The van der Waals surface area contributed by atoms with Gasteiger partial charge >= 0.3 is 0 Å². The molecule has 0 saturated carbocycles. The highest BCUT2D eigenvalue weighted by atomic mass is 19.1. The fourth-order valence-electron chi connectivity index (χ4n) is 1.05. The molecule has 56 valence electrons. The number of halogens is 1. The van der Waals surface area contributed by atoms with Gasteiger partial charge in [0.2, 0.25) is 0 Å². The van der Waals surface area contributed by atoms with Gasteiger partial charge in [-0.05, 0) is 18.2 Å². The monoisotopic (exact) mass is 151 g/mol. The molecular weight excluding hydrogens is 145 g/mol. The van der Waals surface area contributed by atoms with Crippen molar-refractivity contribution in [2.75, 3.05) is 5.73 Å². The number of hydrogen-bond donors (Lipinski definition) is 1. The van der Waals surface area contributed by atoms with Crippen LogP contribution in [0.5, 0.6) is 0 Å². The lowest BCUT2D eigenvalue weighted by atomic mass is 10.2. The van der Waals surface area contributed by atoms with Gasteiger partial charge in [0.15, 0.2) is 5.58 Å². The lowest BCUT2D eigenvalue weighted by Crippen LogP contribution is -1.85. The number of furan rings is 1. The van der Waals surface area contributed by atoms with Crippen molar-refractivity contribution < 1.29 is 8.81 Å². The summed E-state index contributed by atoms with van der Waals surface area (Å²) in [6.45, 7) is 0. The van der Waals surface area contributed by atoms with E-state index >= 15 is 0 Å². The molecule has 2 nitrogen and oxygen atoms in total. The molecule has 0 atom stereocenters. The Morgan fingerprint density at radius 1 is 1.27 bits per heavy atom. The third-order valence-electron chi connectivity index (χ3n) is 1.59. The molecule has 1 heterocycles. The highest BCUT2D eigenvalue weighted by Crippen LogP contribution is 2.24. The van der Waals surface area contributed by atoms with Gasteiger partial charge in [0.05, 0.1) is 17.3 Å². The highest BCUT2D eigenvalue weighted by Gasteiger charge is 2.04. The van der Waals surface area contributed by atoms with Crippen LogP contribution in [0.15, 0.2) is 28.9 Å². The molecule has 2 aromatic rings. The first-order valence-corrected chi connectivity index (χ1v) is 3.20. The largest absolute Gasteiger partial charge is 0.462 e. The second-order valence-electron chi connectivity index (χ2n) is 2.30. The zero-order valence-electron chi connectivity index (χ0n) is 5.67. The molecule has 0 unspecified atom stereocenters. The minimum absolute atomic E-state index is 0.303. The van der Waals surface area contributed by atoms with Crippen molar-refractivity contribution in [3.05, 3.63) is 30.3 Å². The standard InChI is InChI=1S/C8H6FNO/c9-6-1-2-7(10)8-5(6)3-4-11-8/h1-4H,10H2. The van der Waals surface area contributed by atoms with Crippen molar-refractivity contribution in [1.82, 2.24) is 0 Å². The molecule has 0 fully saturated rings. The average Bonchev–Trinajstić information content (AvgIpc) is 2.45. The maximum absolute atomic E-state index is 12.9. The molecule has 2 N–H and O–H groups in total. The van der Waals surface area contributed by atoms with Crippen molar-refractivity contribution in [1.29, 1.82) is 0 Å². The first-order valence-electron chi connectivity index (χ1n) is 3.20. The van der Waals surface area contributed by atoms with E-state index in [1.165, 1.54) is 18.4 Å². The zero-order chi connectivity index (χ0) is 7.84. The Kier molecular flexibility index (Phi) is 1.12. The van der Waals surface area contributed by atoms with Crippen LogP contribution < -0.4 is 5.73 Å². The molecule has 1 aromatic heterocycles. The van der Waals surface area contributed by atoms with Gasteiger partial charge in [-0.1, -0.05) is 0 Å². The van der Waals surface area contributed by atoms with Gasteiger partial charge in [-0.2, -0.15) is 0 Å². The Bertz CT molecular complexity index is 358. The molecule has 11 heavy (non-hydrogen) atoms. The Balaban J connectivity index is 2.96. The van der Waals surface area contributed by atoms with Crippen molar-refractivity contribution in [3.8, 4) is 0 Å². The molecule has 0 aliphatic carbocycles. The fourth-order valence-corrected chi connectivity index (χ4v) is 1.05. The van der Waals surface area contributed by atoms with Crippen LogP contribution in [-0.4, -0.2) is 0 Å². The van der Waals surface area contributed by atoms with E-state index in [4.69, 9.17) is 10.2 Å². The van der Waals surface area contributed by atoms with Crippen molar-refractivity contribution >= 4 is 16.7 Å². The average molecular weight is 151 g/mol. The molecule has 1 aromatic carbocycles. The second-order valence-corrected chi connectivity index (χ2v) is 2.30. The summed E-state index contributed by atoms with van der Waals surface area (Å²) in [5, 5.41) is 0.435. The third-order valence-corrected chi connectivity index (χ3v) is 1.59. The summed E-state index contributed by atoms with van der Waals surface area (Å²) in [6, 6.07) is 4.37. The summed E-state index contributed by atoms with van der Waals surface area (Å²) in [4.78, 5) is 0. The van der Waals surface area contributed by atoms with E-state index in [1.807, 2.05) is 0 Å². The molecule has 0 radical (unpaired) electrons. The quantitative estimate of drug-likeness (QED) is 0.586. The third kappa shape index (κ3) is 0.774. The Morgan fingerprint density at radius 3 is 2.82 bits per heavy atom. The number of nitrogens with two attached hydrogens (primary N) is 1.